The molecule has 18 heavy (non-hydrogen) atoms. The highest BCUT2D eigenvalue weighted by Gasteiger charge is 2.21. The second-order valence-corrected chi connectivity index (χ2v) is 5.22. The maximum Gasteiger partial charge on any atom is 0.123 e. The molecular weight excluding hydrogens is 227 g/mol. The molecule has 2 nitrogen and oxygen atoms in total. The fourth-order valence-electron chi connectivity index (χ4n) is 2.55. The van der Waals surface area contributed by atoms with Gasteiger partial charge in [0.15, 0.2) is 0 Å². The third-order valence-electron chi connectivity index (χ3n) is 3.55. The minimum atomic E-state index is -0.151. The number of hydrogen-bond acceptors (Lipinski definition) is 2. The zero-order chi connectivity index (χ0) is 12.8. The second-order valence-electron chi connectivity index (χ2n) is 5.22. The van der Waals surface area contributed by atoms with Crippen molar-refractivity contribution in [1.29, 1.82) is 0 Å². The van der Waals surface area contributed by atoms with Crippen LogP contribution in [0.4, 0.5) is 4.39 Å². The van der Waals surface area contributed by atoms with E-state index in [-0.39, 0.29) is 5.82 Å². The van der Waals surface area contributed by atoms with Crippen LogP contribution in [0, 0.1) is 11.7 Å². The van der Waals surface area contributed by atoms with Gasteiger partial charge in [0.1, 0.15) is 5.82 Å². The molecule has 1 aliphatic heterocycles. The highest BCUT2D eigenvalue weighted by molar-refractivity contribution is 5.16. The Morgan fingerprint density at radius 3 is 2.83 bits per heavy atom. The Labute approximate surface area is 109 Å². The van der Waals surface area contributed by atoms with E-state index in [0.717, 1.165) is 38.6 Å². The molecule has 1 N–H and O–H groups in total. The van der Waals surface area contributed by atoms with Crippen molar-refractivity contribution in [1.82, 2.24) is 10.2 Å². The lowest BCUT2D eigenvalue weighted by molar-refractivity contribution is 0.314. The van der Waals surface area contributed by atoms with E-state index in [0.29, 0.717) is 0 Å². The van der Waals surface area contributed by atoms with Crippen LogP contribution in [-0.4, -0.2) is 31.1 Å². The molecular formula is C15H23FN2. The van der Waals surface area contributed by atoms with E-state index in [9.17, 15) is 4.39 Å². The molecule has 1 fully saturated rings. The first-order valence-electron chi connectivity index (χ1n) is 6.95. The summed E-state index contributed by atoms with van der Waals surface area (Å²) in [4.78, 5) is 2.46. The molecule has 1 saturated heterocycles. The van der Waals surface area contributed by atoms with E-state index in [4.69, 9.17) is 0 Å². The van der Waals surface area contributed by atoms with Gasteiger partial charge >= 0.3 is 0 Å². The van der Waals surface area contributed by atoms with Crippen molar-refractivity contribution in [2.45, 2.75) is 26.3 Å². The van der Waals surface area contributed by atoms with Crippen LogP contribution in [-0.2, 0) is 6.54 Å². The highest BCUT2D eigenvalue weighted by atomic mass is 19.1. The molecule has 0 aliphatic carbocycles. The Balaban J connectivity index is 1.73. The van der Waals surface area contributed by atoms with E-state index in [1.807, 2.05) is 12.1 Å². The van der Waals surface area contributed by atoms with Crippen LogP contribution in [0.25, 0.3) is 0 Å². The van der Waals surface area contributed by atoms with Gasteiger partial charge < -0.3 is 5.32 Å². The first-order valence-corrected chi connectivity index (χ1v) is 6.95. The van der Waals surface area contributed by atoms with Crippen LogP contribution in [0.3, 0.4) is 0 Å². The number of likely N-dealkylation sites (tertiary alicyclic amines) is 1. The average Bonchev–Trinajstić information content (AvgIpc) is 2.80. The van der Waals surface area contributed by atoms with Gasteiger partial charge in [-0.25, -0.2) is 4.39 Å². The van der Waals surface area contributed by atoms with Gasteiger partial charge in [-0.2, -0.15) is 0 Å². The number of hydrogen-bond donors (Lipinski definition) is 1. The summed E-state index contributed by atoms with van der Waals surface area (Å²) in [6.45, 7) is 7.72. The molecule has 1 aromatic rings. The number of halogens is 1. The summed E-state index contributed by atoms with van der Waals surface area (Å²) >= 11 is 0. The fraction of sp³-hybridized carbons (Fsp3) is 0.600. The molecule has 1 aliphatic rings. The van der Waals surface area contributed by atoms with Gasteiger partial charge in [0, 0.05) is 13.1 Å². The highest BCUT2D eigenvalue weighted by Crippen LogP contribution is 2.18. The standard InChI is InChI=1S/C15H23FN2/c1-2-8-17-10-14-7-9-18(12-14)11-13-3-5-15(16)6-4-13/h3-6,14,17H,2,7-12H2,1H3. The summed E-state index contributed by atoms with van der Waals surface area (Å²) in [7, 11) is 0. The molecule has 0 saturated carbocycles. The van der Waals surface area contributed by atoms with Crippen LogP contribution >= 0.6 is 0 Å². The van der Waals surface area contributed by atoms with Crippen molar-refractivity contribution >= 4 is 0 Å². The Morgan fingerprint density at radius 1 is 1.33 bits per heavy atom. The van der Waals surface area contributed by atoms with Crippen molar-refractivity contribution in [3.63, 3.8) is 0 Å². The molecule has 0 bridgehead atoms. The number of rotatable bonds is 6. The molecule has 1 unspecified atom stereocenters. The summed E-state index contributed by atoms with van der Waals surface area (Å²) < 4.78 is 12.8. The normalized spacial score (nSPS) is 20.4. The summed E-state index contributed by atoms with van der Waals surface area (Å²) in [5, 5.41) is 3.49. The number of nitrogens with zero attached hydrogens (tertiary/aromatic N) is 1. The second kappa shape index (κ2) is 6.86. The van der Waals surface area contributed by atoms with E-state index in [1.54, 1.807) is 12.1 Å². The summed E-state index contributed by atoms with van der Waals surface area (Å²) in [6, 6.07) is 6.87. The maximum absolute atomic E-state index is 12.8. The molecule has 1 aromatic carbocycles. The summed E-state index contributed by atoms with van der Waals surface area (Å²) in [6.07, 6.45) is 2.48. The minimum absolute atomic E-state index is 0.151. The van der Waals surface area contributed by atoms with Gasteiger partial charge in [-0.15, -0.1) is 0 Å². The fourth-order valence-corrected chi connectivity index (χ4v) is 2.55. The van der Waals surface area contributed by atoms with Gasteiger partial charge in [-0.3, -0.25) is 4.90 Å². The molecule has 2 rings (SSSR count). The van der Waals surface area contributed by atoms with Crippen LogP contribution in [0.1, 0.15) is 25.3 Å². The SMILES string of the molecule is CCCNCC1CCN(Cc2ccc(F)cc2)C1. The minimum Gasteiger partial charge on any atom is -0.316 e. The smallest absolute Gasteiger partial charge is 0.123 e. The molecule has 0 radical (unpaired) electrons. The first-order chi connectivity index (χ1) is 8.78. The zero-order valence-corrected chi connectivity index (χ0v) is 11.2. The van der Waals surface area contributed by atoms with Crippen molar-refractivity contribution < 1.29 is 4.39 Å². The lowest BCUT2D eigenvalue weighted by Gasteiger charge is -2.16. The molecule has 0 amide bonds. The molecule has 3 heteroatoms. The van der Waals surface area contributed by atoms with Crippen LogP contribution in [0.2, 0.25) is 0 Å². The predicted molar refractivity (Wildman–Crippen MR) is 72.9 cm³/mol. The average molecular weight is 250 g/mol. The quantitative estimate of drug-likeness (QED) is 0.781. The molecule has 1 atom stereocenters. The third-order valence-corrected chi connectivity index (χ3v) is 3.55. The van der Waals surface area contributed by atoms with Gasteiger partial charge in [-0.05, 0) is 56.1 Å². The first kappa shape index (κ1) is 13.5. The van der Waals surface area contributed by atoms with Crippen molar-refractivity contribution in [2.75, 3.05) is 26.2 Å². The van der Waals surface area contributed by atoms with E-state index < -0.39 is 0 Å². The monoisotopic (exact) mass is 250 g/mol. The topological polar surface area (TPSA) is 15.3 Å². The number of benzene rings is 1. The zero-order valence-electron chi connectivity index (χ0n) is 11.2. The molecule has 0 spiro atoms. The molecule has 100 valence electrons. The Bertz CT molecular complexity index is 350. The summed E-state index contributed by atoms with van der Waals surface area (Å²) in [5.74, 6) is 0.624. The van der Waals surface area contributed by atoms with Crippen molar-refractivity contribution in [3.8, 4) is 0 Å². The third kappa shape index (κ3) is 4.07. The van der Waals surface area contributed by atoms with Crippen molar-refractivity contribution in [2.24, 2.45) is 5.92 Å². The van der Waals surface area contributed by atoms with E-state index in [2.05, 4.69) is 17.1 Å². The largest absolute Gasteiger partial charge is 0.316 e. The summed E-state index contributed by atoms with van der Waals surface area (Å²) in [5.41, 5.74) is 1.21. The Kier molecular flexibility index (Phi) is 5.14. The van der Waals surface area contributed by atoms with Gasteiger partial charge in [-0.1, -0.05) is 19.1 Å². The van der Waals surface area contributed by atoms with Gasteiger partial charge in [0.05, 0.1) is 0 Å². The number of nitrogens with one attached hydrogen (secondary N) is 1. The van der Waals surface area contributed by atoms with Crippen LogP contribution in [0.5, 0.6) is 0 Å². The van der Waals surface area contributed by atoms with Crippen LogP contribution < -0.4 is 5.32 Å². The molecule has 1 heterocycles. The predicted octanol–water partition coefficient (Wildman–Crippen LogP) is 2.65. The lowest BCUT2D eigenvalue weighted by Crippen LogP contribution is -2.26. The molecule has 0 aromatic heterocycles. The Hall–Kier alpha value is -0.930. The van der Waals surface area contributed by atoms with Crippen LogP contribution in [0.15, 0.2) is 24.3 Å². The van der Waals surface area contributed by atoms with E-state index in [1.165, 1.54) is 18.4 Å². The van der Waals surface area contributed by atoms with Gasteiger partial charge in [0.25, 0.3) is 0 Å². The Morgan fingerprint density at radius 2 is 2.11 bits per heavy atom. The van der Waals surface area contributed by atoms with E-state index >= 15 is 0 Å². The lowest BCUT2D eigenvalue weighted by atomic mass is 10.1. The van der Waals surface area contributed by atoms with Gasteiger partial charge in [0.2, 0.25) is 0 Å². The maximum atomic E-state index is 12.8. The van der Waals surface area contributed by atoms with Crippen molar-refractivity contribution in [3.05, 3.63) is 35.6 Å².